The molecule has 5 nitrogen and oxygen atoms in total. The van der Waals surface area contributed by atoms with Crippen molar-refractivity contribution in [3.63, 3.8) is 0 Å². The van der Waals surface area contributed by atoms with Gasteiger partial charge in [-0.15, -0.1) is 10.2 Å². The number of nitrogens with one attached hydrogen (secondary N) is 1. The molecule has 0 aromatic carbocycles. The molecule has 0 spiro atoms. The van der Waals surface area contributed by atoms with Crippen molar-refractivity contribution in [3.8, 4) is 0 Å². The van der Waals surface area contributed by atoms with Gasteiger partial charge in [-0.2, -0.15) is 0 Å². The lowest BCUT2D eigenvalue weighted by Gasteiger charge is -2.20. The van der Waals surface area contributed by atoms with Crippen molar-refractivity contribution < 1.29 is 4.79 Å². The zero-order valence-corrected chi connectivity index (χ0v) is 12.5. The first-order valence-electron chi connectivity index (χ1n) is 7.90. The predicted octanol–water partition coefficient (Wildman–Crippen LogP) is 3.20. The summed E-state index contributed by atoms with van der Waals surface area (Å²) in [6.45, 7) is 2.05. The molecule has 0 atom stereocenters. The lowest BCUT2D eigenvalue weighted by Crippen LogP contribution is -2.18. The molecule has 1 amide bonds. The van der Waals surface area contributed by atoms with E-state index in [0.29, 0.717) is 12.3 Å². The van der Waals surface area contributed by atoms with Gasteiger partial charge in [0, 0.05) is 19.0 Å². The highest BCUT2D eigenvalue weighted by atomic mass is 16.1. The number of nitrogens with zero attached hydrogens (tertiary/aromatic N) is 3. The zero-order valence-electron chi connectivity index (χ0n) is 12.5. The molecule has 0 unspecified atom stereocenters. The topological polar surface area (TPSA) is 59.3 Å². The van der Waals surface area contributed by atoms with E-state index in [9.17, 15) is 4.79 Å². The quantitative estimate of drug-likeness (QED) is 0.939. The van der Waals surface area contributed by atoms with Crippen LogP contribution in [-0.2, 0) is 11.2 Å². The van der Waals surface area contributed by atoms with Crippen LogP contribution in [0.2, 0.25) is 0 Å². The number of amides is 1. The summed E-state index contributed by atoms with van der Waals surface area (Å²) in [5.74, 6) is 1.55. The molecule has 0 aliphatic heterocycles. The fraction of sp³-hybridized carbons (Fsp3) is 0.562. The van der Waals surface area contributed by atoms with Gasteiger partial charge in [0.25, 0.3) is 0 Å². The molecule has 0 bridgehead atoms. The summed E-state index contributed by atoms with van der Waals surface area (Å²) >= 11 is 0. The van der Waals surface area contributed by atoms with Crippen LogP contribution in [-0.4, -0.2) is 20.5 Å². The molecule has 2 aromatic heterocycles. The zero-order chi connectivity index (χ0) is 14.7. The van der Waals surface area contributed by atoms with Gasteiger partial charge in [-0.3, -0.25) is 9.20 Å². The normalized spacial score (nSPS) is 16.2. The van der Waals surface area contributed by atoms with Crippen molar-refractivity contribution >= 4 is 17.2 Å². The van der Waals surface area contributed by atoms with Crippen LogP contribution >= 0.6 is 0 Å². The van der Waals surface area contributed by atoms with E-state index < -0.39 is 0 Å². The fourth-order valence-electron chi connectivity index (χ4n) is 3.16. The van der Waals surface area contributed by atoms with Gasteiger partial charge in [0.05, 0.1) is 5.69 Å². The second-order valence-electron chi connectivity index (χ2n) is 5.84. The minimum Gasteiger partial charge on any atom is -0.323 e. The molecule has 112 valence electrons. The minimum atomic E-state index is 0.0936. The van der Waals surface area contributed by atoms with Crippen LogP contribution in [0.15, 0.2) is 18.3 Å². The number of hydrogen-bond donors (Lipinski definition) is 1. The van der Waals surface area contributed by atoms with Crippen LogP contribution in [0.3, 0.4) is 0 Å². The summed E-state index contributed by atoms with van der Waals surface area (Å²) in [7, 11) is 0. The average Bonchev–Trinajstić information content (AvgIpc) is 2.92. The first-order valence-corrected chi connectivity index (χ1v) is 7.90. The van der Waals surface area contributed by atoms with Crippen molar-refractivity contribution in [2.75, 3.05) is 5.32 Å². The molecule has 1 aliphatic rings. The Hall–Kier alpha value is -1.91. The van der Waals surface area contributed by atoms with Crippen LogP contribution in [0.25, 0.3) is 5.65 Å². The molecule has 1 aliphatic carbocycles. The Bertz CT molecular complexity index is 628. The Morgan fingerprint density at radius 2 is 2.14 bits per heavy atom. The SMILES string of the molecule is CCc1nnc2c(NC(=O)CC3CCCCC3)cccn12. The summed E-state index contributed by atoms with van der Waals surface area (Å²) in [6.07, 6.45) is 9.58. The Labute approximate surface area is 124 Å². The number of anilines is 1. The standard InChI is InChI=1S/C16H22N4O/c1-2-14-18-19-16-13(9-6-10-20(14)16)17-15(21)11-12-7-4-3-5-8-12/h6,9-10,12H,2-5,7-8,11H2,1H3,(H,17,21). The molecule has 1 saturated carbocycles. The van der Waals surface area contributed by atoms with Gasteiger partial charge in [0.15, 0.2) is 5.65 Å². The van der Waals surface area contributed by atoms with Crippen LogP contribution in [0.4, 0.5) is 5.69 Å². The number of pyridine rings is 1. The van der Waals surface area contributed by atoms with Gasteiger partial charge in [-0.25, -0.2) is 0 Å². The van der Waals surface area contributed by atoms with Crippen LogP contribution in [0.1, 0.15) is 51.3 Å². The third kappa shape index (κ3) is 3.06. The highest BCUT2D eigenvalue weighted by Crippen LogP contribution is 2.27. The maximum absolute atomic E-state index is 12.2. The molecule has 3 rings (SSSR count). The van der Waals surface area contributed by atoms with E-state index >= 15 is 0 Å². The Balaban J connectivity index is 1.72. The summed E-state index contributed by atoms with van der Waals surface area (Å²) in [6, 6.07) is 3.81. The largest absolute Gasteiger partial charge is 0.323 e. The number of fused-ring (bicyclic) bond motifs is 1. The van der Waals surface area contributed by atoms with E-state index in [4.69, 9.17) is 0 Å². The summed E-state index contributed by atoms with van der Waals surface area (Å²) in [4.78, 5) is 12.2. The molecule has 1 fully saturated rings. The first-order chi connectivity index (χ1) is 10.3. The monoisotopic (exact) mass is 286 g/mol. The number of carbonyl (C=O) groups is 1. The average molecular weight is 286 g/mol. The predicted molar refractivity (Wildman–Crippen MR) is 82.2 cm³/mol. The van der Waals surface area contributed by atoms with E-state index in [1.54, 1.807) is 0 Å². The number of aryl methyl sites for hydroxylation is 1. The maximum Gasteiger partial charge on any atom is 0.224 e. The van der Waals surface area contributed by atoms with Gasteiger partial charge in [-0.1, -0.05) is 26.2 Å². The number of hydrogen-bond acceptors (Lipinski definition) is 3. The molecule has 21 heavy (non-hydrogen) atoms. The lowest BCUT2D eigenvalue weighted by atomic mass is 9.87. The summed E-state index contributed by atoms with van der Waals surface area (Å²) in [5, 5.41) is 11.4. The second kappa shape index (κ2) is 6.24. The Kier molecular flexibility index (Phi) is 4.18. The fourth-order valence-corrected chi connectivity index (χ4v) is 3.16. The Morgan fingerprint density at radius 3 is 2.90 bits per heavy atom. The molecule has 1 N–H and O–H groups in total. The molecule has 2 aromatic rings. The van der Waals surface area contributed by atoms with Crippen LogP contribution < -0.4 is 5.32 Å². The lowest BCUT2D eigenvalue weighted by molar-refractivity contribution is -0.117. The molecule has 5 heteroatoms. The van der Waals surface area contributed by atoms with Gasteiger partial charge in [-0.05, 0) is 30.9 Å². The van der Waals surface area contributed by atoms with Crippen molar-refractivity contribution in [2.24, 2.45) is 5.92 Å². The molecule has 0 saturated heterocycles. The second-order valence-corrected chi connectivity index (χ2v) is 5.84. The van der Waals surface area contributed by atoms with Crippen LogP contribution in [0, 0.1) is 5.92 Å². The molecular weight excluding hydrogens is 264 g/mol. The van der Waals surface area contributed by atoms with Crippen molar-refractivity contribution in [1.29, 1.82) is 0 Å². The van der Waals surface area contributed by atoms with E-state index in [0.717, 1.165) is 23.6 Å². The highest BCUT2D eigenvalue weighted by Gasteiger charge is 2.18. The van der Waals surface area contributed by atoms with E-state index in [1.807, 2.05) is 29.7 Å². The summed E-state index contributed by atoms with van der Waals surface area (Å²) < 4.78 is 1.94. The summed E-state index contributed by atoms with van der Waals surface area (Å²) in [5.41, 5.74) is 1.48. The minimum absolute atomic E-state index is 0.0936. The van der Waals surface area contributed by atoms with E-state index in [-0.39, 0.29) is 5.91 Å². The number of carbonyl (C=O) groups excluding carboxylic acids is 1. The van der Waals surface area contributed by atoms with Crippen molar-refractivity contribution in [3.05, 3.63) is 24.2 Å². The van der Waals surface area contributed by atoms with E-state index in [1.165, 1.54) is 32.1 Å². The molecule has 2 heterocycles. The van der Waals surface area contributed by atoms with Crippen molar-refractivity contribution in [2.45, 2.75) is 51.9 Å². The van der Waals surface area contributed by atoms with Crippen LogP contribution in [0.5, 0.6) is 0 Å². The van der Waals surface area contributed by atoms with Gasteiger partial charge >= 0.3 is 0 Å². The number of rotatable bonds is 4. The maximum atomic E-state index is 12.2. The highest BCUT2D eigenvalue weighted by molar-refractivity contribution is 5.94. The number of aromatic nitrogens is 3. The third-order valence-corrected chi connectivity index (χ3v) is 4.29. The van der Waals surface area contributed by atoms with Gasteiger partial charge in [0.2, 0.25) is 5.91 Å². The van der Waals surface area contributed by atoms with Gasteiger partial charge < -0.3 is 5.32 Å². The molecule has 0 radical (unpaired) electrons. The van der Waals surface area contributed by atoms with E-state index in [2.05, 4.69) is 15.5 Å². The first kappa shape index (κ1) is 14.0. The van der Waals surface area contributed by atoms with Crippen molar-refractivity contribution in [1.82, 2.24) is 14.6 Å². The third-order valence-electron chi connectivity index (χ3n) is 4.29. The molecular formula is C16H22N4O. The smallest absolute Gasteiger partial charge is 0.224 e. The van der Waals surface area contributed by atoms with Gasteiger partial charge in [0.1, 0.15) is 5.82 Å². The Morgan fingerprint density at radius 1 is 1.33 bits per heavy atom.